The fraction of sp³-hybridized carbons (Fsp3) is 0.833. The molecule has 0 aromatic carbocycles. The van der Waals surface area contributed by atoms with Crippen molar-refractivity contribution >= 4 is 12.0 Å². The van der Waals surface area contributed by atoms with Gasteiger partial charge in [-0.2, -0.15) is 0 Å². The highest BCUT2D eigenvalue weighted by Crippen LogP contribution is 2.18. The van der Waals surface area contributed by atoms with Gasteiger partial charge in [0.2, 0.25) is 0 Å². The number of aliphatic hydroxyl groups excluding tert-OH is 1. The van der Waals surface area contributed by atoms with Crippen LogP contribution in [0.1, 0.15) is 19.8 Å². The molecular formula is C12H23N3O4. The van der Waals surface area contributed by atoms with E-state index in [1.807, 2.05) is 25.9 Å². The molecule has 0 spiro atoms. The number of hydrogen-bond acceptors (Lipinski definition) is 4. The summed E-state index contributed by atoms with van der Waals surface area (Å²) in [6.45, 7) is 2.79. The summed E-state index contributed by atoms with van der Waals surface area (Å²) in [5.41, 5.74) is 0. The van der Waals surface area contributed by atoms with Gasteiger partial charge in [-0.15, -0.1) is 0 Å². The van der Waals surface area contributed by atoms with E-state index in [2.05, 4.69) is 5.32 Å². The number of β-amino-alcohol motifs (C(OH)–C–C–N with tert-alkyl or cyclic N) is 1. The minimum Gasteiger partial charge on any atom is -0.480 e. The fourth-order valence-corrected chi connectivity index (χ4v) is 2.09. The molecule has 2 amide bonds. The van der Waals surface area contributed by atoms with Crippen LogP contribution in [0.25, 0.3) is 0 Å². The molecule has 1 aliphatic heterocycles. The largest absolute Gasteiger partial charge is 0.480 e. The highest BCUT2D eigenvalue weighted by molar-refractivity contribution is 5.83. The van der Waals surface area contributed by atoms with E-state index in [4.69, 9.17) is 5.11 Å². The van der Waals surface area contributed by atoms with Crippen LogP contribution in [0.3, 0.4) is 0 Å². The molecule has 1 saturated heterocycles. The number of nitrogens with one attached hydrogen (secondary N) is 1. The molecule has 3 N–H and O–H groups in total. The smallest absolute Gasteiger partial charge is 0.326 e. The zero-order valence-corrected chi connectivity index (χ0v) is 11.7. The van der Waals surface area contributed by atoms with Gasteiger partial charge in [-0.3, -0.25) is 0 Å². The van der Waals surface area contributed by atoms with Crippen LogP contribution in [0.2, 0.25) is 0 Å². The van der Waals surface area contributed by atoms with Crippen LogP contribution in [0.15, 0.2) is 0 Å². The van der Waals surface area contributed by atoms with Crippen molar-refractivity contribution in [3.05, 3.63) is 0 Å². The molecule has 0 aliphatic carbocycles. The third-order valence-electron chi connectivity index (χ3n) is 3.20. The van der Waals surface area contributed by atoms with Crippen LogP contribution >= 0.6 is 0 Å². The summed E-state index contributed by atoms with van der Waals surface area (Å²) in [6, 6.07) is -1.40. The molecule has 1 aliphatic rings. The first-order chi connectivity index (χ1) is 8.81. The normalized spacial score (nSPS) is 24.6. The lowest BCUT2D eigenvalue weighted by molar-refractivity contribution is -0.141. The Kier molecular flexibility index (Phi) is 5.56. The number of hydrogen-bond donors (Lipinski definition) is 3. The van der Waals surface area contributed by atoms with Crippen LogP contribution in [0.5, 0.6) is 0 Å². The number of amides is 2. The lowest BCUT2D eigenvalue weighted by atomic mass is 10.2. The summed E-state index contributed by atoms with van der Waals surface area (Å²) in [7, 11) is 3.90. The Bertz CT molecular complexity index is 335. The van der Waals surface area contributed by atoms with Crippen molar-refractivity contribution in [3.63, 3.8) is 0 Å². The molecule has 0 aromatic rings. The minimum atomic E-state index is -1.08. The van der Waals surface area contributed by atoms with E-state index in [-0.39, 0.29) is 19.0 Å². The third-order valence-corrected chi connectivity index (χ3v) is 3.20. The Hall–Kier alpha value is -1.34. The number of carboxylic acid groups (broad SMARTS) is 1. The van der Waals surface area contributed by atoms with Gasteiger partial charge in [0.05, 0.1) is 6.10 Å². The first-order valence-corrected chi connectivity index (χ1v) is 6.44. The second-order valence-corrected chi connectivity index (χ2v) is 5.34. The Labute approximate surface area is 113 Å². The Morgan fingerprint density at radius 3 is 2.63 bits per heavy atom. The Balaban J connectivity index is 2.50. The summed E-state index contributed by atoms with van der Waals surface area (Å²) in [5, 5.41) is 21.3. The number of nitrogens with zero attached hydrogens (tertiary/aromatic N) is 2. The molecule has 0 radical (unpaired) electrons. The van der Waals surface area contributed by atoms with Crippen molar-refractivity contribution < 1.29 is 19.8 Å². The van der Waals surface area contributed by atoms with Gasteiger partial charge in [0, 0.05) is 19.0 Å². The molecule has 0 aromatic heterocycles. The summed E-state index contributed by atoms with van der Waals surface area (Å²) in [5.74, 6) is -1.08. The summed E-state index contributed by atoms with van der Waals surface area (Å²) in [6.07, 6.45) is 0.116. The monoisotopic (exact) mass is 273 g/mol. The molecule has 0 saturated carbocycles. The van der Waals surface area contributed by atoms with Crippen LogP contribution in [-0.2, 0) is 4.79 Å². The highest BCUT2D eigenvalue weighted by Gasteiger charge is 2.39. The predicted octanol–water partition coefficient (Wildman–Crippen LogP) is -0.444. The van der Waals surface area contributed by atoms with E-state index in [0.29, 0.717) is 0 Å². The number of urea groups is 1. The van der Waals surface area contributed by atoms with Crippen LogP contribution in [-0.4, -0.2) is 77.4 Å². The molecule has 1 unspecified atom stereocenters. The second kappa shape index (κ2) is 6.72. The number of aliphatic carboxylic acids is 1. The lowest BCUT2D eigenvalue weighted by Crippen LogP contribution is -2.49. The van der Waals surface area contributed by atoms with Gasteiger partial charge in [-0.25, -0.2) is 9.59 Å². The number of carbonyl (C=O) groups is 2. The van der Waals surface area contributed by atoms with Gasteiger partial charge in [-0.1, -0.05) is 0 Å². The van der Waals surface area contributed by atoms with Crippen LogP contribution in [0.4, 0.5) is 4.79 Å². The van der Waals surface area contributed by atoms with Crippen molar-refractivity contribution in [3.8, 4) is 0 Å². The molecule has 1 fully saturated rings. The number of carbonyl (C=O) groups excluding carboxylic acids is 1. The zero-order valence-electron chi connectivity index (χ0n) is 11.7. The fourth-order valence-electron chi connectivity index (χ4n) is 2.09. The second-order valence-electron chi connectivity index (χ2n) is 5.34. The Morgan fingerprint density at radius 2 is 2.11 bits per heavy atom. The molecule has 7 nitrogen and oxygen atoms in total. The first kappa shape index (κ1) is 15.7. The molecule has 19 heavy (non-hydrogen) atoms. The number of carboxylic acids is 1. The summed E-state index contributed by atoms with van der Waals surface area (Å²) < 4.78 is 0. The molecule has 0 bridgehead atoms. The average Bonchev–Trinajstić information content (AvgIpc) is 2.69. The van der Waals surface area contributed by atoms with Crippen molar-refractivity contribution in [2.75, 3.05) is 27.2 Å². The van der Waals surface area contributed by atoms with E-state index in [1.165, 1.54) is 4.90 Å². The van der Waals surface area contributed by atoms with Crippen molar-refractivity contribution in [2.45, 2.75) is 38.0 Å². The molecule has 110 valence electrons. The maximum Gasteiger partial charge on any atom is 0.326 e. The number of aliphatic hydroxyl groups is 1. The van der Waals surface area contributed by atoms with E-state index >= 15 is 0 Å². The van der Waals surface area contributed by atoms with Gasteiger partial charge in [0.15, 0.2) is 0 Å². The number of likely N-dealkylation sites (tertiary alicyclic amines) is 1. The first-order valence-electron chi connectivity index (χ1n) is 6.44. The van der Waals surface area contributed by atoms with Gasteiger partial charge >= 0.3 is 12.0 Å². The van der Waals surface area contributed by atoms with E-state index in [0.717, 1.165) is 13.0 Å². The minimum absolute atomic E-state index is 0.0397. The molecule has 7 heteroatoms. The highest BCUT2D eigenvalue weighted by atomic mass is 16.4. The summed E-state index contributed by atoms with van der Waals surface area (Å²) in [4.78, 5) is 26.2. The standard InChI is InChI=1S/C12H23N3O4/c1-8(4-5-14(2)3)13-12(19)15-7-9(16)6-10(15)11(17)18/h8-10,16H,4-7H2,1-3H3,(H,13,19)(H,17,18)/t8?,9-,10-/m1/s1. The van der Waals surface area contributed by atoms with Gasteiger partial charge in [0.25, 0.3) is 0 Å². The number of rotatable bonds is 5. The van der Waals surface area contributed by atoms with Crippen LogP contribution in [0, 0.1) is 0 Å². The lowest BCUT2D eigenvalue weighted by Gasteiger charge is -2.24. The Morgan fingerprint density at radius 1 is 1.47 bits per heavy atom. The molecule has 3 atom stereocenters. The molecular weight excluding hydrogens is 250 g/mol. The van der Waals surface area contributed by atoms with Crippen molar-refractivity contribution in [1.29, 1.82) is 0 Å². The van der Waals surface area contributed by atoms with Crippen LogP contribution < -0.4 is 5.32 Å². The third kappa shape index (κ3) is 4.68. The molecule has 1 rings (SSSR count). The maximum atomic E-state index is 12.0. The average molecular weight is 273 g/mol. The van der Waals surface area contributed by atoms with Crippen molar-refractivity contribution in [1.82, 2.24) is 15.1 Å². The van der Waals surface area contributed by atoms with Gasteiger partial charge in [-0.05, 0) is 34.0 Å². The quantitative estimate of drug-likeness (QED) is 0.631. The van der Waals surface area contributed by atoms with E-state index < -0.39 is 24.1 Å². The van der Waals surface area contributed by atoms with E-state index in [1.54, 1.807) is 0 Å². The van der Waals surface area contributed by atoms with Gasteiger partial charge in [0.1, 0.15) is 6.04 Å². The zero-order chi connectivity index (χ0) is 14.6. The topological polar surface area (TPSA) is 93.1 Å². The SMILES string of the molecule is CC(CCN(C)C)NC(=O)N1C[C@H](O)C[C@@H]1C(=O)O. The predicted molar refractivity (Wildman–Crippen MR) is 69.9 cm³/mol. The van der Waals surface area contributed by atoms with Gasteiger partial charge < -0.3 is 25.3 Å². The van der Waals surface area contributed by atoms with Crippen molar-refractivity contribution in [2.24, 2.45) is 0 Å². The maximum absolute atomic E-state index is 12.0. The van der Waals surface area contributed by atoms with E-state index in [9.17, 15) is 14.7 Å². The summed E-state index contributed by atoms with van der Waals surface area (Å²) >= 11 is 0. The molecule has 1 heterocycles.